The predicted octanol–water partition coefficient (Wildman–Crippen LogP) is 7.38. The van der Waals surface area contributed by atoms with Gasteiger partial charge in [-0.2, -0.15) is 23.7 Å². The molecule has 2 bridgehead atoms. The number of hydrogen-bond acceptors (Lipinski definition) is 5. The van der Waals surface area contributed by atoms with Crippen LogP contribution < -0.4 is 9.64 Å². The SMILES string of the molecule is Cc1ccc(Cl)c(C#N)c1.Cc1ccc(OC2C[C@H]3CC[C@@H](C2)N3c2ccc(C(F)(F)F)cn2)c(C#N)c1. The number of pyridine rings is 1. The van der Waals surface area contributed by atoms with E-state index in [-0.39, 0.29) is 18.2 Å². The van der Waals surface area contributed by atoms with Gasteiger partial charge >= 0.3 is 6.18 Å². The van der Waals surface area contributed by atoms with Crippen LogP contribution in [0.15, 0.2) is 54.7 Å². The number of ether oxygens (including phenoxy) is 1. The van der Waals surface area contributed by atoms with Gasteiger partial charge in [-0.3, -0.25) is 0 Å². The number of nitrogens with zero attached hydrogens (tertiary/aromatic N) is 4. The molecule has 2 aromatic carbocycles. The third-order valence-corrected chi connectivity index (χ3v) is 7.15. The number of fused-ring (bicyclic) bond motifs is 2. The quantitative estimate of drug-likeness (QED) is 0.348. The number of aromatic nitrogens is 1. The van der Waals surface area contributed by atoms with Crippen molar-refractivity contribution in [2.24, 2.45) is 0 Å². The first kappa shape index (κ1) is 27.3. The second-order valence-electron chi connectivity index (χ2n) is 9.61. The van der Waals surface area contributed by atoms with Crippen molar-refractivity contribution < 1.29 is 17.9 Å². The molecule has 2 aliphatic heterocycles. The normalized spacial score (nSPS) is 20.1. The van der Waals surface area contributed by atoms with Crippen LogP contribution in [0.2, 0.25) is 5.02 Å². The Morgan fingerprint density at radius 2 is 1.53 bits per heavy atom. The fraction of sp³-hybridized carbons (Fsp3) is 0.345. The zero-order valence-electron chi connectivity index (χ0n) is 21.0. The number of rotatable bonds is 3. The minimum absolute atomic E-state index is 0.0157. The second-order valence-corrected chi connectivity index (χ2v) is 10.0. The summed E-state index contributed by atoms with van der Waals surface area (Å²) in [4.78, 5) is 6.22. The fourth-order valence-corrected chi connectivity index (χ4v) is 5.20. The van der Waals surface area contributed by atoms with Crippen LogP contribution in [-0.2, 0) is 6.18 Å². The van der Waals surface area contributed by atoms with Gasteiger partial charge in [0.1, 0.15) is 29.8 Å². The summed E-state index contributed by atoms with van der Waals surface area (Å²) in [6.45, 7) is 3.86. The summed E-state index contributed by atoms with van der Waals surface area (Å²) >= 11 is 5.67. The summed E-state index contributed by atoms with van der Waals surface area (Å²) < 4.78 is 44.5. The average molecular weight is 539 g/mol. The molecule has 2 aliphatic rings. The molecule has 196 valence electrons. The molecular formula is C29H26ClF3N4O. The van der Waals surface area contributed by atoms with Crippen LogP contribution in [0, 0.1) is 36.5 Å². The molecule has 3 aromatic rings. The summed E-state index contributed by atoms with van der Waals surface area (Å²) in [6, 6.07) is 18.0. The minimum Gasteiger partial charge on any atom is -0.489 e. The van der Waals surface area contributed by atoms with E-state index < -0.39 is 11.7 Å². The molecule has 9 heteroatoms. The zero-order chi connectivity index (χ0) is 27.4. The number of nitriles is 2. The molecular weight excluding hydrogens is 513 g/mol. The first-order valence-corrected chi connectivity index (χ1v) is 12.6. The van der Waals surface area contributed by atoms with Crippen molar-refractivity contribution in [3.05, 3.63) is 87.6 Å². The molecule has 1 aromatic heterocycles. The van der Waals surface area contributed by atoms with Crippen molar-refractivity contribution in [2.75, 3.05) is 4.90 Å². The molecule has 0 aliphatic carbocycles. The van der Waals surface area contributed by atoms with Gasteiger partial charge in [-0.05, 0) is 74.2 Å². The van der Waals surface area contributed by atoms with Crippen LogP contribution in [0.4, 0.5) is 19.0 Å². The molecule has 0 amide bonds. The van der Waals surface area contributed by atoms with E-state index in [1.54, 1.807) is 12.1 Å². The maximum Gasteiger partial charge on any atom is 0.417 e. The molecule has 38 heavy (non-hydrogen) atoms. The number of alkyl halides is 3. The molecule has 5 nitrogen and oxygen atoms in total. The highest BCUT2D eigenvalue weighted by Gasteiger charge is 2.42. The smallest absolute Gasteiger partial charge is 0.417 e. The lowest BCUT2D eigenvalue weighted by atomic mass is 9.99. The van der Waals surface area contributed by atoms with Crippen molar-refractivity contribution in [3.63, 3.8) is 0 Å². The first-order chi connectivity index (χ1) is 18.1. The standard InChI is InChI=1S/C21H20F3N3O.C8H6ClN/c1-13-2-6-19(14(8-13)11-25)28-18-9-16-4-5-17(10-18)27(16)20-7-3-15(12-26-20)21(22,23)24;1-6-2-3-8(9)7(4-6)5-10/h2-3,6-8,12,16-18H,4-5,9-10H2,1H3;2-4H,1H3/t16-,17+,18?;. The summed E-state index contributed by atoms with van der Waals surface area (Å²) in [7, 11) is 0. The fourth-order valence-electron chi connectivity index (χ4n) is 5.04. The van der Waals surface area contributed by atoms with Crippen LogP contribution in [0.5, 0.6) is 5.75 Å². The molecule has 3 atom stereocenters. The average Bonchev–Trinajstić information content (AvgIpc) is 3.16. The van der Waals surface area contributed by atoms with E-state index in [2.05, 4.69) is 16.0 Å². The van der Waals surface area contributed by atoms with Crippen molar-refractivity contribution >= 4 is 17.4 Å². The van der Waals surface area contributed by atoms with Gasteiger partial charge in [0.2, 0.25) is 0 Å². The van der Waals surface area contributed by atoms with Crippen LogP contribution in [0.3, 0.4) is 0 Å². The molecule has 0 spiro atoms. The Kier molecular flexibility index (Phi) is 8.14. The summed E-state index contributed by atoms with van der Waals surface area (Å²) in [5, 5.41) is 18.4. The highest BCUT2D eigenvalue weighted by molar-refractivity contribution is 6.31. The van der Waals surface area contributed by atoms with E-state index in [1.807, 2.05) is 44.2 Å². The van der Waals surface area contributed by atoms with Gasteiger partial charge in [-0.1, -0.05) is 23.7 Å². The zero-order valence-corrected chi connectivity index (χ0v) is 21.7. The third kappa shape index (κ3) is 6.20. The van der Waals surface area contributed by atoms with Gasteiger partial charge < -0.3 is 9.64 Å². The number of halogens is 4. The Labute approximate surface area is 225 Å². The molecule has 0 radical (unpaired) electrons. The summed E-state index contributed by atoms with van der Waals surface area (Å²) in [5.41, 5.74) is 2.40. The number of aryl methyl sites for hydroxylation is 2. The monoisotopic (exact) mass is 538 g/mol. The Balaban J connectivity index is 0.000000283. The van der Waals surface area contributed by atoms with Crippen molar-refractivity contribution in [3.8, 4) is 17.9 Å². The molecule has 5 rings (SSSR count). The Bertz CT molecular complexity index is 1360. The maximum atomic E-state index is 12.8. The van der Waals surface area contributed by atoms with Gasteiger partial charge in [-0.25, -0.2) is 4.98 Å². The van der Waals surface area contributed by atoms with Gasteiger partial charge in [0.25, 0.3) is 0 Å². The lowest BCUT2D eigenvalue weighted by Crippen LogP contribution is -2.46. The molecule has 2 saturated heterocycles. The Hall–Kier alpha value is -3.75. The Morgan fingerprint density at radius 1 is 0.921 bits per heavy atom. The predicted molar refractivity (Wildman–Crippen MR) is 139 cm³/mol. The van der Waals surface area contributed by atoms with E-state index in [9.17, 15) is 18.4 Å². The van der Waals surface area contributed by atoms with Crippen molar-refractivity contribution in [1.29, 1.82) is 10.5 Å². The summed E-state index contributed by atoms with van der Waals surface area (Å²) in [6.07, 6.45) is -0.0345. The molecule has 2 fully saturated rings. The number of piperidine rings is 1. The van der Waals surface area contributed by atoms with Gasteiger partial charge in [-0.15, -0.1) is 0 Å². The third-order valence-electron chi connectivity index (χ3n) is 6.82. The largest absolute Gasteiger partial charge is 0.489 e. The van der Waals surface area contributed by atoms with E-state index in [4.69, 9.17) is 21.6 Å². The van der Waals surface area contributed by atoms with Crippen molar-refractivity contribution in [1.82, 2.24) is 4.98 Å². The van der Waals surface area contributed by atoms with Gasteiger partial charge in [0.05, 0.1) is 21.7 Å². The van der Waals surface area contributed by atoms with Crippen LogP contribution in [0.1, 0.15) is 53.5 Å². The van der Waals surface area contributed by atoms with Gasteiger partial charge in [0.15, 0.2) is 0 Å². The van der Waals surface area contributed by atoms with Crippen LogP contribution in [0.25, 0.3) is 0 Å². The highest BCUT2D eigenvalue weighted by atomic mass is 35.5. The first-order valence-electron chi connectivity index (χ1n) is 12.2. The van der Waals surface area contributed by atoms with E-state index in [1.165, 1.54) is 6.07 Å². The number of benzene rings is 2. The number of anilines is 1. The lowest BCUT2D eigenvalue weighted by molar-refractivity contribution is -0.137. The molecule has 0 saturated carbocycles. The molecule has 1 unspecified atom stereocenters. The van der Waals surface area contributed by atoms with E-state index in [0.717, 1.165) is 49.1 Å². The lowest BCUT2D eigenvalue weighted by Gasteiger charge is -2.39. The van der Waals surface area contributed by atoms with Crippen LogP contribution >= 0.6 is 11.6 Å². The van der Waals surface area contributed by atoms with Crippen LogP contribution in [-0.4, -0.2) is 23.2 Å². The minimum atomic E-state index is -4.38. The van der Waals surface area contributed by atoms with E-state index in [0.29, 0.717) is 27.7 Å². The maximum absolute atomic E-state index is 12.8. The van der Waals surface area contributed by atoms with Crippen molar-refractivity contribution in [2.45, 2.75) is 63.9 Å². The molecule has 3 heterocycles. The Morgan fingerprint density at radius 3 is 2.05 bits per heavy atom. The highest BCUT2D eigenvalue weighted by Crippen LogP contribution is 2.40. The molecule has 0 N–H and O–H groups in total. The van der Waals surface area contributed by atoms with E-state index >= 15 is 0 Å². The topological polar surface area (TPSA) is 72.9 Å². The van der Waals surface area contributed by atoms with Gasteiger partial charge in [0, 0.05) is 31.1 Å². The second kappa shape index (κ2) is 11.3. The number of hydrogen-bond donors (Lipinski definition) is 0. The summed E-state index contributed by atoms with van der Waals surface area (Å²) in [5.74, 6) is 1.19.